The van der Waals surface area contributed by atoms with Crippen LogP contribution in [0.15, 0.2) is 0 Å². The summed E-state index contributed by atoms with van der Waals surface area (Å²) in [4.78, 5) is 0. The van der Waals surface area contributed by atoms with E-state index < -0.39 is 15.3 Å². The number of sulfonamides is 1. The minimum absolute atomic E-state index is 0.0525. The van der Waals surface area contributed by atoms with Crippen LogP contribution in [-0.4, -0.2) is 20.2 Å². The SMILES string of the molecule is CCC(C#N)S(=O)(=O)NCC(C)C(C)(C)C. The van der Waals surface area contributed by atoms with Gasteiger partial charge in [-0.05, 0) is 17.8 Å². The zero-order valence-electron chi connectivity index (χ0n) is 10.7. The smallest absolute Gasteiger partial charge is 0.214 e. The molecule has 0 aromatic rings. The van der Waals surface area contributed by atoms with E-state index in [9.17, 15) is 8.42 Å². The molecule has 0 saturated heterocycles. The van der Waals surface area contributed by atoms with E-state index in [2.05, 4.69) is 25.5 Å². The number of nitrogens with zero attached hydrogens (tertiary/aromatic N) is 1. The molecule has 0 rings (SSSR count). The van der Waals surface area contributed by atoms with Gasteiger partial charge in [-0.1, -0.05) is 34.6 Å². The van der Waals surface area contributed by atoms with Crippen molar-refractivity contribution in [1.29, 1.82) is 5.26 Å². The highest BCUT2D eigenvalue weighted by molar-refractivity contribution is 7.90. The van der Waals surface area contributed by atoms with Crippen molar-refractivity contribution in [2.45, 2.75) is 46.3 Å². The molecule has 0 aliphatic heterocycles. The van der Waals surface area contributed by atoms with Crippen LogP contribution in [0.3, 0.4) is 0 Å². The summed E-state index contributed by atoms with van der Waals surface area (Å²) < 4.78 is 25.9. The molecule has 0 aromatic heterocycles. The largest absolute Gasteiger partial charge is 0.227 e. The molecule has 0 heterocycles. The topological polar surface area (TPSA) is 70.0 Å². The van der Waals surface area contributed by atoms with Crippen LogP contribution in [0.4, 0.5) is 0 Å². The molecule has 2 atom stereocenters. The van der Waals surface area contributed by atoms with Crippen LogP contribution in [-0.2, 0) is 10.0 Å². The van der Waals surface area contributed by atoms with E-state index in [0.717, 1.165) is 0 Å². The molecule has 4 nitrogen and oxygen atoms in total. The van der Waals surface area contributed by atoms with Crippen molar-refractivity contribution < 1.29 is 8.42 Å². The molecular weight excluding hydrogens is 224 g/mol. The maximum atomic E-state index is 11.7. The summed E-state index contributed by atoms with van der Waals surface area (Å²) in [6.07, 6.45) is 0.315. The van der Waals surface area contributed by atoms with Gasteiger partial charge in [0.15, 0.2) is 5.25 Å². The first kappa shape index (κ1) is 15.4. The van der Waals surface area contributed by atoms with Gasteiger partial charge in [0.2, 0.25) is 10.0 Å². The van der Waals surface area contributed by atoms with Gasteiger partial charge in [0.1, 0.15) is 0 Å². The number of hydrogen-bond donors (Lipinski definition) is 1. The van der Waals surface area contributed by atoms with Gasteiger partial charge in [-0.25, -0.2) is 13.1 Å². The van der Waals surface area contributed by atoms with Gasteiger partial charge >= 0.3 is 0 Å². The van der Waals surface area contributed by atoms with Crippen molar-refractivity contribution in [1.82, 2.24) is 4.72 Å². The first-order valence-corrected chi connectivity index (χ1v) is 7.07. The minimum Gasteiger partial charge on any atom is -0.214 e. The third kappa shape index (κ3) is 4.50. The second-order valence-corrected chi connectivity index (χ2v) is 7.13. The van der Waals surface area contributed by atoms with Gasteiger partial charge in [-0.3, -0.25) is 0 Å². The molecule has 0 radical (unpaired) electrons. The predicted octanol–water partition coefficient (Wildman–Crippen LogP) is 1.89. The van der Waals surface area contributed by atoms with Gasteiger partial charge in [0.05, 0.1) is 6.07 Å². The van der Waals surface area contributed by atoms with Gasteiger partial charge < -0.3 is 0 Å². The van der Waals surface area contributed by atoms with Crippen molar-refractivity contribution in [3.8, 4) is 6.07 Å². The third-order valence-electron chi connectivity index (χ3n) is 2.96. The quantitative estimate of drug-likeness (QED) is 0.805. The first-order valence-electron chi connectivity index (χ1n) is 5.53. The van der Waals surface area contributed by atoms with Gasteiger partial charge in [0.25, 0.3) is 0 Å². The number of hydrogen-bond acceptors (Lipinski definition) is 3. The zero-order chi connectivity index (χ0) is 13.0. The molecule has 0 spiro atoms. The number of nitriles is 1. The lowest BCUT2D eigenvalue weighted by Crippen LogP contribution is -2.38. The lowest BCUT2D eigenvalue weighted by Gasteiger charge is -2.27. The van der Waals surface area contributed by atoms with Crippen molar-refractivity contribution in [2.75, 3.05) is 6.54 Å². The van der Waals surface area contributed by atoms with E-state index in [0.29, 0.717) is 13.0 Å². The molecule has 0 aromatic carbocycles. The van der Waals surface area contributed by atoms with Crippen LogP contribution in [0.1, 0.15) is 41.0 Å². The van der Waals surface area contributed by atoms with Gasteiger partial charge in [-0.2, -0.15) is 5.26 Å². The fourth-order valence-electron chi connectivity index (χ4n) is 1.03. The van der Waals surface area contributed by atoms with Crippen molar-refractivity contribution in [3.63, 3.8) is 0 Å². The van der Waals surface area contributed by atoms with Gasteiger partial charge in [0, 0.05) is 6.54 Å². The highest BCUT2D eigenvalue weighted by Gasteiger charge is 2.26. The third-order valence-corrected chi connectivity index (χ3v) is 4.72. The Labute approximate surface area is 99.1 Å². The van der Waals surface area contributed by atoms with Crippen LogP contribution in [0.5, 0.6) is 0 Å². The van der Waals surface area contributed by atoms with Crippen LogP contribution >= 0.6 is 0 Å². The van der Waals surface area contributed by atoms with Crippen molar-refractivity contribution >= 4 is 10.0 Å². The van der Waals surface area contributed by atoms with Crippen LogP contribution in [0.25, 0.3) is 0 Å². The molecule has 94 valence electrons. The zero-order valence-corrected chi connectivity index (χ0v) is 11.6. The molecule has 0 fully saturated rings. The fraction of sp³-hybridized carbons (Fsp3) is 0.909. The Bertz CT molecular complexity index is 349. The Morgan fingerprint density at radius 1 is 1.38 bits per heavy atom. The average Bonchev–Trinajstić information content (AvgIpc) is 2.14. The summed E-state index contributed by atoms with van der Waals surface area (Å²) in [7, 11) is -3.49. The van der Waals surface area contributed by atoms with E-state index in [-0.39, 0.29) is 11.3 Å². The summed E-state index contributed by atoms with van der Waals surface area (Å²) in [5.74, 6) is 0.221. The monoisotopic (exact) mass is 246 g/mol. The number of rotatable bonds is 5. The Balaban J connectivity index is 4.48. The molecule has 1 N–H and O–H groups in total. The molecule has 0 bridgehead atoms. The van der Waals surface area contributed by atoms with E-state index in [1.165, 1.54) is 0 Å². The molecule has 5 heteroatoms. The summed E-state index contributed by atoms with van der Waals surface area (Å²) in [6, 6.07) is 1.80. The molecule has 0 amide bonds. The first-order chi connectivity index (χ1) is 7.15. The van der Waals surface area contributed by atoms with Crippen LogP contribution in [0.2, 0.25) is 0 Å². The summed E-state index contributed by atoms with van der Waals surface area (Å²) in [5.41, 5.74) is 0.0525. The van der Waals surface area contributed by atoms with Crippen LogP contribution in [0, 0.1) is 22.7 Å². The second-order valence-electron chi connectivity index (χ2n) is 5.19. The Kier molecular flexibility index (Phi) is 5.43. The van der Waals surface area contributed by atoms with Gasteiger partial charge in [-0.15, -0.1) is 0 Å². The summed E-state index contributed by atoms with van der Waals surface area (Å²) >= 11 is 0. The molecular formula is C11H22N2O2S. The Morgan fingerprint density at radius 2 is 1.88 bits per heavy atom. The molecule has 0 aliphatic carbocycles. The lowest BCUT2D eigenvalue weighted by molar-refractivity contribution is 0.263. The van der Waals surface area contributed by atoms with E-state index in [4.69, 9.17) is 5.26 Å². The highest BCUT2D eigenvalue weighted by atomic mass is 32.2. The van der Waals surface area contributed by atoms with Crippen molar-refractivity contribution in [2.24, 2.45) is 11.3 Å². The molecule has 0 saturated carbocycles. The summed E-state index contributed by atoms with van der Waals surface area (Å²) in [6.45, 7) is 10.3. The van der Waals surface area contributed by atoms with E-state index in [1.807, 2.05) is 6.92 Å². The Hall–Kier alpha value is -0.600. The standard InChI is InChI=1S/C11H22N2O2S/c1-6-10(7-12)16(14,15)13-8-9(2)11(3,4)5/h9-10,13H,6,8H2,1-5H3. The highest BCUT2D eigenvalue weighted by Crippen LogP contribution is 2.24. The molecule has 2 unspecified atom stereocenters. The minimum atomic E-state index is -3.49. The maximum Gasteiger partial charge on any atom is 0.227 e. The van der Waals surface area contributed by atoms with E-state index >= 15 is 0 Å². The average molecular weight is 246 g/mol. The molecule has 16 heavy (non-hydrogen) atoms. The lowest BCUT2D eigenvalue weighted by atomic mass is 9.82. The maximum absolute atomic E-state index is 11.7. The predicted molar refractivity (Wildman–Crippen MR) is 65.2 cm³/mol. The van der Waals surface area contributed by atoms with E-state index in [1.54, 1.807) is 13.0 Å². The Morgan fingerprint density at radius 3 is 2.19 bits per heavy atom. The fourth-order valence-corrected chi connectivity index (χ4v) is 2.29. The normalized spacial score (nSPS) is 16.5. The molecule has 0 aliphatic rings. The van der Waals surface area contributed by atoms with Crippen LogP contribution < -0.4 is 4.72 Å². The summed E-state index contributed by atoms with van der Waals surface area (Å²) in [5, 5.41) is 7.77. The van der Waals surface area contributed by atoms with Crippen molar-refractivity contribution in [3.05, 3.63) is 0 Å². The second kappa shape index (κ2) is 5.65. The number of nitrogens with one attached hydrogen (secondary N) is 1.